The predicted molar refractivity (Wildman–Crippen MR) is 85.8 cm³/mol. The van der Waals surface area contributed by atoms with Crippen LogP contribution in [-0.4, -0.2) is 29.1 Å². The molecule has 1 aromatic rings. The Labute approximate surface area is 131 Å². The standard InChI is InChI=1S/C16H25ClN2O2/c1-15(2,3)12-8-11(9-13(17)19-12)14(21)18-10-16(4,5)6-7-20/h8-9,20H,6-7,10H2,1-5H3,(H,18,21). The van der Waals surface area contributed by atoms with Gasteiger partial charge in [0.2, 0.25) is 0 Å². The Morgan fingerprint density at radius 3 is 2.43 bits per heavy atom. The average Bonchev–Trinajstić information content (AvgIpc) is 2.34. The van der Waals surface area contributed by atoms with E-state index in [1.165, 1.54) is 0 Å². The van der Waals surface area contributed by atoms with E-state index in [2.05, 4.69) is 10.3 Å². The van der Waals surface area contributed by atoms with Crippen LogP contribution < -0.4 is 5.32 Å². The van der Waals surface area contributed by atoms with Crippen LogP contribution in [0.15, 0.2) is 12.1 Å². The van der Waals surface area contributed by atoms with Gasteiger partial charge in [0.05, 0.1) is 0 Å². The van der Waals surface area contributed by atoms with Crippen molar-refractivity contribution in [3.8, 4) is 0 Å². The number of carbonyl (C=O) groups is 1. The first kappa shape index (κ1) is 17.9. The van der Waals surface area contributed by atoms with Gasteiger partial charge in [0.15, 0.2) is 0 Å². The minimum atomic E-state index is -0.171. The van der Waals surface area contributed by atoms with E-state index < -0.39 is 0 Å². The summed E-state index contributed by atoms with van der Waals surface area (Å²) >= 11 is 6.02. The number of hydrogen-bond donors (Lipinski definition) is 2. The Morgan fingerprint density at radius 2 is 1.90 bits per heavy atom. The molecule has 0 saturated heterocycles. The molecule has 21 heavy (non-hydrogen) atoms. The second-order valence-electron chi connectivity index (χ2n) is 7.13. The third-order valence-electron chi connectivity index (χ3n) is 3.34. The second kappa shape index (κ2) is 6.75. The molecular weight excluding hydrogens is 288 g/mol. The van der Waals surface area contributed by atoms with E-state index in [1.54, 1.807) is 12.1 Å². The van der Waals surface area contributed by atoms with E-state index in [4.69, 9.17) is 16.7 Å². The normalized spacial score (nSPS) is 12.3. The lowest BCUT2D eigenvalue weighted by Crippen LogP contribution is -2.34. The van der Waals surface area contributed by atoms with E-state index in [0.29, 0.717) is 23.7 Å². The number of amides is 1. The summed E-state index contributed by atoms with van der Waals surface area (Å²) in [7, 11) is 0. The quantitative estimate of drug-likeness (QED) is 0.821. The highest BCUT2D eigenvalue weighted by molar-refractivity contribution is 6.29. The first-order valence-electron chi connectivity index (χ1n) is 7.12. The van der Waals surface area contributed by atoms with Gasteiger partial charge < -0.3 is 10.4 Å². The number of nitrogens with one attached hydrogen (secondary N) is 1. The molecule has 1 heterocycles. The summed E-state index contributed by atoms with van der Waals surface area (Å²) in [5.41, 5.74) is 0.985. The number of pyridine rings is 1. The van der Waals surface area contributed by atoms with Crippen LogP contribution >= 0.6 is 11.6 Å². The number of aliphatic hydroxyl groups excluding tert-OH is 1. The Morgan fingerprint density at radius 1 is 1.29 bits per heavy atom. The maximum absolute atomic E-state index is 12.3. The summed E-state index contributed by atoms with van der Waals surface area (Å²) in [6.45, 7) is 10.7. The van der Waals surface area contributed by atoms with Crippen LogP contribution in [0.4, 0.5) is 0 Å². The fourth-order valence-electron chi connectivity index (χ4n) is 1.82. The molecular formula is C16H25ClN2O2. The number of rotatable bonds is 5. The summed E-state index contributed by atoms with van der Waals surface area (Å²) in [5.74, 6) is -0.171. The summed E-state index contributed by atoms with van der Waals surface area (Å²) in [4.78, 5) is 16.5. The largest absolute Gasteiger partial charge is 0.396 e. The van der Waals surface area contributed by atoms with Crippen LogP contribution in [-0.2, 0) is 5.41 Å². The number of halogens is 1. The van der Waals surface area contributed by atoms with Gasteiger partial charge in [-0.15, -0.1) is 0 Å². The topological polar surface area (TPSA) is 62.2 Å². The molecule has 2 N–H and O–H groups in total. The molecule has 0 aliphatic heterocycles. The van der Waals surface area contributed by atoms with Crippen molar-refractivity contribution in [2.75, 3.05) is 13.2 Å². The van der Waals surface area contributed by atoms with Gasteiger partial charge in [0, 0.05) is 29.8 Å². The highest BCUT2D eigenvalue weighted by atomic mass is 35.5. The second-order valence-corrected chi connectivity index (χ2v) is 7.52. The van der Waals surface area contributed by atoms with Gasteiger partial charge >= 0.3 is 0 Å². The SMILES string of the molecule is CC(C)(CCO)CNC(=O)c1cc(Cl)nc(C(C)(C)C)c1. The molecule has 0 fully saturated rings. The van der Waals surface area contributed by atoms with E-state index in [9.17, 15) is 4.79 Å². The van der Waals surface area contributed by atoms with E-state index in [-0.39, 0.29) is 23.3 Å². The maximum atomic E-state index is 12.3. The van der Waals surface area contributed by atoms with Crippen LogP contribution in [0.2, 0.25) is 5.15 Å². The van der Waals surface area contributed by atoms with Crippen LogP contribution in [0.25, 0.3) is 0 Å². The van der Waals surface area contributed by atoms with Crippen LogP contribution in [0.3, 0.4) is 0 Å². The van der Waals surface area contributed by atoms with Gasteiger partial charge in [-0.05, 0) is 24.0 Å². The Balaban J connectivity index is 2.86. The van der Waals surface area contributed by atoms with Crippen LogP contribution in [0.5, 0.6) is 0 Å². The van der Waals surface area contributed by atoms with Gasteiger partial charge in [0.1, 0.15) is 5.15 Å². The molecule has 4 nitrogen and oxygen atoms in total. The maximum Gasteiger partial charge on any atom is 0.251 e. The zero-order valence-corrected chi connectivity index (χ0v) is 14.2. The molecule has 0 saturated carbocycles. The van der Waals surface area contributed by atoms with E-state index in [0.717, 1.165) is 5.69 Å². The van der Waals surface area contributed by atoms with Crippen molar-refractivity contribution in [3.05, 3.63) is 28.5 Å². The molecule has 0 unspecified atom stereocenters. The Kier molecular flexibility index (Phi) is 5.76. The van der Waals surface area contributed by atoms with Gasteiger partial charge in [-0.3, -0.25) is 4.79 Å². The Bertz CT molecular complexity index is 507. The third kappa shape index (κ3) is 5.64. The molecule has 0 aliphatic rings. The lowest BCUT2D eigenvalue weighted by Gasteiger charge is -2.24. The zero-order valence-electron chi connectivity index (χ0n) is 13.5. The molecule has 0 aromatic carbocycles. The van der Waals surface area contributed by atoms with Gasteiger partial charge in [-0.2, -0.15) is 0 Å². The molecule has 1 aromatic heterocycles. The number of carbonyl (C=O) groups excluding carboxylic acids is 1. The summed E-state index contributed by atoms with van der Waals surface area (Å²) in [5, 5.41) is 12.2. The minimum absolute atomic E-state index is 0.109. The zero-order chi connectivity index (χ0) is 16.3. The van der Waals surface area contributed by atoms with Crippen molar-refractivity contribution in [1.29, 1.82) is 0 Å². The number of nitrogens with zero attached hydrogens (tertiary/aromatic N) is 1. The lowest BCUT2D eigenvalue weighted by atomic mass is 9.89. The number of hydrogen-bond acceptors (Lipinski definition) is 3. The number of aromatic nitrogens is 1. The molecule has 0 atom stereocenters. The van der Waals surface area contributed by atoms with Gasteiger partial charge in [-0.1, -0.05) is 46.2 Å². The third-order valence-corrected chi connectivity index (χ3v) is 3.53. The molecule has 1 amide bonds. The fourth-order valence-corrected chi connectivity index (χ4v) is 2.03. The lowest BCUT2D eigenvalue weighted by molar-refractivity contribution is 0.0928. The fraction of sp³-hybridized carbons (Fsp3) is 0.625. The van der Waals surface area contributed by atoms with E-state index in [1.807, 2.05) is 34.6 Å². The van der Waals surface area contributed by atoms with Crippen LogP contribution in [0.1, 0.15) is 57.1 Å². The highest BCUT2D eigenvalue weighted by Crippen LogP contribution is 2.24. The summed E-state index contributed by atoms with van der Waals surface area (Å²) < 4.78 is 0. The van der Waals surface area contributed by atoms with Crippen molar-refractivity contribution in [3.63, 3.8) is 0 Å². The number of aliphatic hydroxyl groups is 1. The smallest absolute Gasteiger partial charge is 0.251 e. The summed E-state index contributed by atoms with van der Waals surface area (Å²) in [6, 6.07) is 3.35. The van der Waals surface area contributed by atoms with Crippen molar-refractivity contribution < 1.29 is 9.90 Å². The summed E-state index contributed by atoms with van der Waals surface area (Å²) in [6.07, 6.45) is 0.637. The van der Waals surface area contributed by atoms with Gasteiger partial charge in [-0.25, -0.2) is 4.98 Å². The molecule has 5 heteroatoms. The molecule has 0 radical (unpaired) electrons. The van der Waals surface area contributed by atoms with Gasteiger partial charge in [0.25, 0.3) is 5.91 Å². The van der Waals surface area contributed by atoms with E-state index >= 15 is 0 Å². The molecule has 1 rings (SSSR count). The Hall–Kier alpha value is -1.13. The highest BCUT2D eigenvalue weighted by Gasteiger charge is 2.21. The minimum Gasteiger partial charge on any atom is -0.396 e. The van der Waals surface area contributed by atoms with Crippen molar-refractivity contribution in [2.45, 2.75) is 46.5 Å². The predicted octanol–water partition coefficient (Wildman–Crippen LogP) is 3.17. The average molecular weight is 313 g/mol. The molecule has 118 valence electrons. The first-order chi connectivity index (χ1) is 9.55. The van der Waals surface area contributed by atoms with Crippen LogP contribution in [0, 0.1) is 5.41 Å². The molecule has 0 bridgehead atoms. The first-order valence-corrected chi connectivity index (χ1v) is 7.50. The monoisotopic (exact) mass is 312 g/mol. The van der Waals surface area contributed by atoms with Crippen molar-refractivity contribution in [2.24, 2.45) is 5.41 Å². The van der Waals surface area contributed by atoms with Crippen molar-refractivity contribution in [1.82, 2.24) is 10.3 Å². The van der Waals surface area contributed by atoms with Crippen molar-refractivity contribution >= 4 is 17.5 Å². The molecule has 0 aliphatic carbocycles. The molecule has 0 spiro atoms.